The number of aliphatic hydroxyl groups is 2. The van der Waals surface area contributed by atoms with Crippen LogP contribution in [0.1, 0.15) is 16.1 Å². The molecule has 0 fully saturated rings. The number of ether oxygens (including phenoxy) is 2. The maximum absolute atomic E-state index is 11.2. The summed E-state index contributed by atoms with van der Waals surface area (Å²) in [5, 5.41) is 23.6. The van der Waals surface area contributed by atoms with E-state index in [1.807, 2.05) is 12.1 Å². The first-order chi connectivity index (χ1) is 15.9. The fraction of sp³-hybridized carbons (Fsp3) is 0.250. The predicted octanol–water partition coefficient (Wildman–Crippen LogP) is 2.98. The molecule has 0 spiro atoms. The zero-order chi connectivity index (χ0) is 23.6. The van der Waals surface area contributed by atoms with Gasteiger partial charge in [-0.15, -0.1) is 12.4 Å². The Labute approximate surface area is 209 Å². The number of carbonyl (C=O) groups excluding carboxylic acids is 1. The summed E-state index contributed by atoms with van der Waals surface area (Å²) < 4.78 is 11.2. The van der Waals surface area contributed by atoms with Gasteiger partial charge in [-0.1, -0.05) is 35.9 Å². The molecule has 3 aromatic rings. The van der Waals surface area contributed by atoms with E-state index in [1.54, 1.807) is 48.5 Å². The number of rotatable bonds is 12. The summed E-state index contributed by atoms with van der Waals surface area (Å²) in [5.41, 5.74) is 6.33. The van der Waals surface area contributed by atoms with Crippen molar-refractivity contribution in [1.29, 1.82) is 0 Å². The van der Waals surface area contributed by atoms with E-state index >= 15 is 0 Å². The summed E-state index contributed by atoms with van der Waals surface area (Å²) in [6.45, 7) is 0.265. The van der Waals surface area contributed by atoms with Crippen molar-refractivity contribution in [2.24, 2.45) is 5.73 Å². The van der Waals surface area contributed by atoms with Crippen molar-refractivity contribution in [2.75, 3.05) is 19.8 Å². The van der Waals surface area contributed by atoms with Crippen molar-refractivity contribution < 1.29 is 24.5 Å². The van der Waals surface area contributed by atoms with E-state index in [2.05, 4.69) is 10.3 Å². The van der Waals surface area contributed by atoms with Crippen LogP contribution in [0.2, 0.25) is 5.02 Å². The lowest BCUT2D eigenvalue weighted by atomic mass is 10.1. The molecule has 1 amide bonds. The molecule has 1 heterocycles. The molecule has 0 saturated carbocycles. The molecule has 8 nitrogen and oxygen atoms in total. The first-order valence-electron chi connectivity index (χ1n) is 10.4. The highest BCUT2D eigenvalue weighted by Crippen LogP contribution is 2.21. The van der Waals surface area contributed by atoms with Gasteiger partial charge in [0.25, 0.3) is 5.91 Å². The third kappa shape index (κ3) is 8.81. The first kappa shape index (κ1) is 27.4. The van der Waals surface area contributed by atoms with Gasteiger partial charge < -0.3 is 30.7 Å². The van der Waals surface area contributed by atoms with Crippen LogP contribution in [0, 0.1) is 0 Å². The summed E-state index contributed by atoms with van der Waals surface area (Å²) in [7, 11) is 0. The van der Waals surface area contributed by atoms with E-state index in [-0.39, 0.29) is 49.8 Å². The highest BCUT2D eigenvalue weighted by atomic mass is 35.5. The van der Waals surface area contributed by atoms with E-state index in [0.29, 0.717) is 22.9 Å². The van der Waals surface area contributed by atoms with Crippen LogP contribution >= 0.6 is 24.0 Å². The number of benzene rings is 2. The molecule has 0 saturated heterocycles. The molecular weight excluding hydrogens is 481 g/mol. The molecule has 0 aliphatic heterocycles. The highest BCUT2D eigenvalue weighted by molar-refractivity contribution is 6.30. The third-order valence-electron chi connectivity index (χ3n) is 4.70. The Balaban J connectivity index is 0.00000408. The number of amides is 1. The van der Waals surface area contributed by atoms with Crippen molar-refractivity contribution in [3.63, 3.8) is 0 Å². The van der Waals surface area contributed by atoms with Crippen LogP contribution in [0.15, 0.2) is 66.7 Å². The number of halogens is 2. The normalized spacial score (nSPS) is 12.3. The molecular formula is C24H27Cl2N3O5. The maximum Gasteiger partial charge on any atom is 0.267 e. The minimum absolute atomic E-state index is 0. The molecule has 2 aromatic carbocycles. The van der Waals surface area contributed by atoms with Gasteiger partial charge in [-0.25, -0.2) is 4.98 Å². The number of aromatic nitrogens is 1. The standard InChI is InChI=1S/C24H26ClN3O5.ClH/c25-17-3-1-4-21(12-17)32-15-19(30)13-27-18(14-29)11-16-7-9-20(10-8-16)33-23-6-2-5-22(28-23)24(26)31;/h1-10,12,18-19,27,29-30H,11,13-15H2,(H2,26,31);1H/t18-,19-;/m0./s1. The van der Waals surface area contributed by atoms with Crippen molar-refractivity contribution >= 4 is 29.9 Å². The largest absolute Gasteiger partial charge is 0.491 e. The Morgan fingerprint density at radius 2 is 1.82 bits per heavy atom. The van der Waals surface area contributed by atoms with Crippen LogP contribution < -0.4 is 20.5 Å². The Kier molecular flexibility index (Phi) is 11.1. The number of nitrogens with one attached hydrogen (secondary N) is 1. The van der Waals surface area contributed by atoms with Crippen molar-refractivity contribution in [1.82, 2.24) is 10.3 Å². The molecule has 0 bridgehead atoms. The average molecular weight is 508 g/mol. The molecule has 3 rings (SSSR count). The highest BCUT2D eigenvalue weighted by Gasteiger charge is 2.12. The van der Waals surface area contributed by atoms with Gasteiger partial charge in [-0.05, 0) is 48.4 Å². The predicted molar refractivity (Wildman–Crippen MR) is 132 cm³/mol. The van der Waals surface area contributed by atoms with Crippen LogP contribution in [0.4, 0.5) is 0 Å². The number of pyridine rings is 1. The van der Waals surface area contributed by atoms with Crippen LogP contribution in [0.3, 0.4) is 0 Å². The lowest BCUT2D eigenvalue weighted by Gasteiger charge is -2.19. The van der Waals surface area contributed by atoms with Gasteiger partial charge in [-0.3, -0.25) is 4.79 Å². The summed E-state index contributed by atoms with van der Waals surface area (Å²) in [6.07, 6.45) is -0.203. The van der Waals surface area contributed by atoms with Crippen LogP contribution in [-0.2, 0) is 6.42 Å². The number of hydrogen-bond acceptors (Lipinski definition) is 7. The van der Waals surface area contributed by atoms with Crippen LogP contribution in [0.5, 0.6) is 17.4 Å². The van der Waals surface area contributed by atoms with E-state index in [1.165, 1.54) is 6.07 Å². The average Bonchev–Trinajstić information content (AvgIpc) is 2.81. The fourth-order valence-electron chi connectivity index (χ4n) is 3.02. The van der Waals surface area contributed by atoms with Crippen LogP contribution in [0.25, 0.3) is 0 Å². The molecule has 0 unspecified atom stereocenters. The number of nitrogens with zero attached hydrogens (tertiary/aromatic N) is 1. The van der Waals surface area contributed by atoms with Gasteiger partial charge in [0.05, 0.1) is 6.61 Å². The summed E-state index contributed by atoms with van der Waals surface area (Å²) in [4.78, 5) is 15.3. The van der Waals surface area contributed by atoms with E-state index in [0.717, 1.165) is 5.56 Å². The van der Waals surface area contributed by atoms with Crippen LogP contribution in [-0.4, -0.2) is 53.0 Å². The second kappa shape index (κ2) is 13.7. The minimum atomic E-state index is -0.752. The maximum atomic E-state index is 11.2. The molecule has 10 heteroatoms. The minimum Gasteiger partial charge on any atom is -0.491 e. The molecule has 1 aromatic heterocycles. The molecule has 182 valence electrons. The SMILES string of the molecule is Cl.NC(=O)c1cccc(Oc2ccc(C[C@@H](CO)NC[C@H](O)COc3cccc(Cl)c3)cc2)n1. The molecule has 34 heavy (non-hydrogen) atoms. The Hall–Kier alpha value is -2.88. The van der Waals surface area contributed by atoms with E-state index in [4.69, 9.17) is 26.8 Å². The molecule has 0 radical (unpaired) electrons. The van der Waals surface area contributed by atoms with Crippen molar-refractivity contribution in [2.45, 2.75) is 18.6 Å². The van der Waals surface area contributed by atoms with Gasteiger partial charge >= 0.3 is 0 Å². The number of primary amides is 1. The summed E-state index contributed by atoms with van der Waals surface area (Å²) >= 11 is 5.92. The molecule has 5 N–H and O–H groups in total. The summed E-state index contributed by atoms with van der Waals surface area (Å²) in [5.74, 6) is 0.775. The Morgan fingerprint density at radius 1 is 1.09 bits per heavy atom. The fourth-order valence-corrected chi connectivity index (χ4v) is 3.20. The second-order valence-corrected chi connectivity index (χ2v) is 7.82. The van der Waals surface area contributed by atoms with Gasteiger partial charge in [0.1, 0.15) is 29.9 Å². The topological polar surface area (TPSA) is 127 Å². The van der Waals surface area contributed by atoms with Crippen molar-refractivity contribution in [3.05, 3.63) is 83.0 Å². The number of hydrogen-bond donors (Lipinski definition) is 4. The van der Waals surface area contributed by atoms with Gasteiger partial charge in [0, 0.05) is 23.7 Å². The lowest BCUT2D eigenvalue weighted by Crippen LogP contribution is -2.41. The van der Waals surface area contributed by atoms with Gasteiger partial charge in [0.2, 0.25) is 5.88 Å². The smallest absolute Gasteiger partial charge is 0.267 e. The van der Waals surface area contributed by atoms with Crippen molar-refractivity contribution in [3.8, 4) is 17.4 Å². The molecule has 0 aliphatic rings. The van der Waals surface area contributed by atoms with E-state index in [9.17, 15) is 15.0 Å². The lowest BCUT2D eigenvalue weighted by molar-refractivity contribution is 0.0993. The zero-order valence-electron chi connectivity index (χ0n) is 18.3. The van der Waals surface area contributed by atoms with E-state index < -0.39 is 12.0 Å². The number of aliphatic hydroxyl groups excluding tert-OH is 2. The number of carbonyl (C=O) groups is 1. The number of nitrogens with two attached hydrogens (primary N) is 1. The monoisotopic (exact) mass is 507 g/mol. The first-order valence-corrected chi connectivity index (χ1v) is 10.7. The molecule has 2 atom stereocenters. The quantitative estimate of drug-likeness (QED) is 0.296. The third-order valence-corrected chi connectivity index (χ3v) is 4.94. The zero-order valence-corrected chi connectivity index (χ0v) is 19.8. The summed E-state index contributed by atoms with van der Waals surface area (Å²) in [6, 6.07) is 18.8. The van der Waals surface area contributed by atoms with Gasteiger partial charge in [0.15, 0.2) is 0 Å². The molecule has 0 aliphatic carbocycles. The van der Waals surface area contributed by atoms with Gasteiger partial charge in [-0.2, -0.15) is 0 Å². The Bertz CT molecular complexity index is 1050. The second-order valence-electron chi connectivity index (χ2n) is 7.39. The Morgan fingerprint density at radius 3 is 2.50 bits per heavy atom.